The Balaban J connectivity index is 1.80. The molecular formula is C16H11N5S. The number of aromatic nitrogens is 4. The summed E-state index contributed by atoms with van der Waals surface area (Å²) in [7, 11) is 0. The number of thiazole rings is 1. The van der Waals surface area contributed by atoms with Gasteiger partial charge >= 0.3 is 0 Å². The Labute approximate surface area is 130 Å². The molecule has 6 heteroatoms. The lowest BCUT2D eigenvalue weighted by molar-refractivity contribution is 1.21. The summed E-state index contributed by atoms with van der Waals surface area (Å²) >= 11 is 1.68. The van der Waals surface area contributed by atoms with Crippen molar-refractivity contribution >= 4 is 38.4 Å². The van der Waals surface area contributed by atoms with E-state index in [9.17, 15) is 0 Å². The molecule has 3 heterocycles. The Bertz CT molecular complexity index is 1060. The lowest BCUT2D eigenvalue weighted by atomic mass is 10.2. The number of nitrogens with zero attached hydrogens (tertiary/aromatic N) is 3. The van der Waals surface area contributed by atoms with Crippen molar-refractivity contribution in [1.82, 2.24) is 19.9 Å². The summed E-state index contributed by atoms with van der Waals surface area (Å²) in [6.45, 7) is 2.00. The van der Waals surface area contributed by atoms with E-state index < -0.39 is 0 Å². The number of fused-ring (bicyclic) bond motifs is 2. The first-order chi connectivity index (χ1) is 10.7. The van der Waals surface area contributed by atoms with Gasteiger partial charge in [0, 0.05) is 11.8 Å². The number of nitrogen functional groups attached to an aromatic ring is 1. The summed E-state index contributed by atoms with van der Waals surface area (Å²) in [6, 6.07) is 6.05. The average molecular weight is 305 g/mol. The monoisotopic (exact) mass is 305 g/mol. The second-order valence-electron chi connectivity index (χ2n) is 4.85. The van der Waals surface area contributed by atoms with Crippen LogP contribution in [0.25, 0.3) is 21.3 Å². The van der Waals surface area contributed by atoms with Crippen LogP contribution in [0.5, 0.6) is 0 Å². The van der Waals surface area contributed by atoms with Gasteiger partial charge in [-0.1, -0.05) is 11.8 Å². The third kappa shape index (κ3) is 2.08. The highest BCUT2D eigenvalue weighted by molar-refractivity contribution is 7.18. The Kier molecular flexibility index (Phi) is 2.81. The zero-order valence-electron chi connectivity index (χ0n) is 11.7. The lowest BCUT2D eigenvalue weighted by Gasteiger charge is -1.94. The van der Waals surface area contributed by atoms with Crippen LogP contribution in [0.2, 0.25) is 0 Å². The molecular weight excluding hydrogens is 294 g/mol. The molecule has 0 aliphatic heterocycles. The number of aromatic amines is 1. The van der Waals surface area contributed by atoms with Crippen molar-refractivity contribution in [3.63, 3.8) is 0 Å². The van der Waals surface area contributed by atoms with Crippen LogP contribution in [0.15, 0.2) is 30.7 Å². The van der Waals surface area contributed by atoms with Crippen molar-refractivity contribution in [2.45, 2.75) is 6.92 Å². The maximum Gasteiger partial charge on any atom is 0.144 e. The number of anilines is 1. The zero-order valence-corrected chi connectivity index (χ0v) is 12.5. The highest BCUT2D eigenvalue weighted by Crippen LogP contribution is 2.23. The van der Waals surface area contributed by atoms with Crippen molar-refractivity contribution in [2.24, 2.45) is 0 Å². The van der Waals surface area contributed by atoms with E-state index in [1.165, 1.54) is 11.0 Å². The molecule has 0 radical (unpaired) electrons. The van der Waals surface area contributed by atoms with E-state index in [4.69, 9.17) is 5.73 Å². The molecule has 1 aromatic carbocycles. The first-order valence-corrected chi connectivity index (χ1v) is 7.49. The first kappa shape index (κ1) is 12.8. The number of nitrogens with two attached hydrogens (primary N) is 1. The molecule has 4 aromatic rings. The Hall–Kier alpha value is -2.91. The molecule has 22 heavy (non-hydrogen) atoms. The zero-order chi connectivity index (χ0) is 15.1. The van der Waals surface area contributed by atoms with Crippen molar-refractivity contribution in [2.75, 3.05) is 5.73 Å². The van der Waals surface area contributed by atoms with Crippen LogP contribution in [0.4, 0.5) is 5.82 Å². The number of rotatable bonds is 0. The average Bonchev–Trinajstić information content (AvgIpc) is 3.07. The number of benzene rings is 1. The smallest absolute Gasteiger partial charge is 0.144 e. The van der Waals surface area contributed by atoms with Crippen LogP contribution in [0.3, 0.4) is 0 Å². The maximum absolute atomic E-state index is 5.90. The summed E-state index contributed by atoms with van der Waals surface area (Å²) in [6.07, 6.45) is 3.23. The Morgan fingerprint density at radius 1 is 1.23 bits per heavy atom. The van der Waals surface area contributed by atoms with Gasteiger partial charge in [0.15, 0.2) is 0 Å². The fourth-order valence-electron chi connectivity index (χ4n) is 2.35. The van der Waals surface area contributed by atoms with Gasteiger partial charge in [-0.25, -0.2) is 15.0 Å². The molecule has 0 saturated heterocycles. The summed E-state index contributed by atoms with van der Waals surface area (Å²) in [5.74, 6) is 6.71. The number of nitrogens with one attached hydrogen (secondary N) is 1. The van der Waals surface area contributed by atoms with Crippen LogP contribution in [-0.2, 0) is 0 Å². The third-order valence-corrected chi connectivity index (χ3v) is 4.29. The van der Waals surface area contributed by atoms with Crippen molar-refractivity contribution in [1.29, 1.82) is 0 Å². The molecule has 0 aliphatic carbocycles. The number of aryl methyl sites for hydroxylation is 1. The third-order valence-electron chi connectivity index (χ3n) is 3.34. The van der Waals surface area contributed by atoms with Crippen molar-refractivity contribution < 1.29 is 0 Å². The van der Waals surface area contributed by atoms with Gasteiger partial charge in [0.2, 0.25) is 0 Å². The quantitative estimate of drug-likeness (QED) is 0.490. The normalized spacial score (nSPS) is 10.8. The fraction of sp³-hybridized carbons (Fsp3) is 0.0625. The van der Waals surface area contributed by atoms with E-state index in [-0.39, 0.29) is 0 Å². The van der Waals surface area contributed by atoms with Gasteiger partial charge in [-0.15, -0.1) is 11.3 Å². The number of hydrogen-bond acceptors (Lipinski definition) is 5. The van der Waals surface area contributed by atoms with E-state index in [2.05, 4.69) is 37.8 Å². The van der Waals surface area contributed by atoms with Crippen molar-refractivity contribution in [3.8, 4) is 11.8 Å². The molecule has 0 bridgehead atoms. The van der Waals surface area contributed by atoms with E-state index in [0.717, 1.165) is 27.0 Å². The van der Waals surface area contributed by atoms with Crippen LogP contribution in [0, 0.1) is 18.8 Å². The van der Waals surface area contributed by atoms with Gasteiger partial charge in [-0.3, -0.25) is 0 Å². The Morgan fingerprint density at radius 3 is 3.05 bits per heavy atom. The largest absolute Gasteiger partial charge is 0.383 e. The van der Waals surface area contributed by atoms with Crippen molar-refractivity contribution in [3.05, 3.63) is 46.9 Å². The summed E-state index contributed by atoms with van der Waals surface area (Å²) < 4.78 is 1.17. The Morgan fingerprint density at radius 2 is 2.14 bits per heavy atom. The van der Waals surface area contributed by atoms with Crippen LogP contribution in [-0.4, -0.2) is 19.9 Å². The standard InChI is InChI=1S/C16H11N5S/c1-9-21-12-6-10(3-5-13(12)22-9)2-4-11-7-18-16-14(11)15(17)19-8-20-16/h3,5-8H,1H3,(H3,17,18,19,20). The molecule has 0 aliphatic rings. The van der Waals surface area contributed by atoms with Gasteiger partial charge < -0.3 is 10.7 Å². The highest BCUT2D eigenvalue weighted by atomic mass is 32.1. The topological polar surface area (TPSA) is 80.5 Å². The van der Waals surface area contributed by atoms with E-state index in [1.54, 1.807) is 17.5 Å². The first-order valence-electron chi connectivity index (χ1n) is 6.67. The summed E-state index contributed by atoms with van der Waals surface area (Å²) in [5.41, 5.74) is 9.29. The van der Waals surface area contributed by atoms with Gasteiger partial charge in [0.25, 0.3) is 0 Å². The molecule has 0 amide bonds. The predicted octanol–water partition coefficient (Wildman–Crippen LogP) is 2.86. The minimum absolute atomic E-state index is 0.432. The molecule has 0 atom stereocenters. The molecule has 0 fully saturated rings. The maximum atomic E-state index is 5.90. The van der Waals surface area contributed by atoms with Gasteiger partial charge in [-0.2, -0.15) is 0 Å². The molecule has 5 nitrogen and oxygen atoms in total. The van der Waals surface area contributed by atoms with Crippen LogP contribution < -0.4 is 5.73 Å². The second kappa shape index (κ2) is 4.83. The molecule has 3 N–H and O–H groups in total. The van der Waals surface area contributed by atoms with Crippen LogP contribution in [0.1, 0.15) is 16.1 Å². The van der Waals surface area contributed by atoms with Crippen LogP contribution >= 0.6 is 11.3 Å². The van der Waals surface area contributed by atoms with Gasteiger partial charge in [0.05, 0.1) is 26.2 Å². The second-order valence-corrected chi connectivity index (χ2v) is 6.09. The molecule has 3 aromatic heterocycles. The van der Waals surface area contributed by atoms with E-state index in [1.807, 2.05) is 19.1 Å². The SMILES string of the molecule is Cc1nc2cc(C#Cc3c[nH]c4ncnc(N)c34)ccc2s1. The van der Waals surface area contributed by atoms with E-state index in [0.29, 0.717) is 11.5 Å². The molecule has 0 saturated carbocycles. The lowest BCUT2D eigenvalue weighted by Crippen LogP contribution is -1.92. The molecule has 0 spiro atoms. The highest BCUT2D eigenvalue weighted by Gasteiger charge is 2.06. The van der Waals surface area contributed by atoms with Gasteiger partial charge in [-0.05, 0) is 25.1 Å². The molecule has 0 unspecified atom stereocenters. The minimum Gasteiger partial charge on any atom is -0.383 e. The predicted molar refractivity (Wildman–Crippen MR) is 88.6 cm³/mol. The number of H-pyrrole nitrogens is 1. The number of hydrogen-bond donors (Lipinski definition) is 2. The fourth-order valence-corrected chi connectivity index (χ4v) is 3.15. The molecule has 106 valence electrons. The van der Waals surface area contributed by atoms with Gasteiger partial charge in [0.1, 0.15) is 17.8 Å². The van der Waals surface area contributed by atoms with E-state index >= 15 is 0 Å². The minimum atomic E-state index is 0.432. The summed E-state index contributed by atoms with van der Waals surface area (Å²) in [5, 5.41) is 1.82. The summed E-state index contributed by atoms with van der Waals surface area (Å²) in [4.78, 5) is 15.7. The molecule has 4 rings (SSSR count).